The molecule has 7 heteroatoms. The highest BCUT2D eigenvalue weighted by Gasteiger charge is 2.27. The number of likely N-dealkylation sites (tertiary alicyclic amines) is 1. The van der Waals surface area contributed by atoms with Gasteiger partial charge in [0.25, 0.3) is 0 Å². The third-order valence-electron chi connectivity index (χ3n) is 6.57. The van der Waals surface area contributed by atoms with Crippen molar-refractivity contribution in [1.82, 2.24) is 14.8 Å². The summed E-state index contributed by atoms with van der Waals surface area (Å²) in [6.07, 6.45) is 4.49. The van der Waals surface area contributed by atoms with Crippen molar-refractivity contribution in [3.63, 3.8) is 0 Å². The van der Waals surface area contributed by atoms with E-state index >= 15 is 0 Å². The highest BCUT2D eigenvalue weighted by atomic mass is 16.5. The fourth-order valence-electron chi connectivity index (χ4n) is 4.78. The van der Waals surface area contributed by atoms with Gasteiger partial charge in [-0.15, -0.1) is 0 Å². The van der Waals surface area contributed by atoms with Gasteiger partial charge in [0.05, 0.1) is 20.6 Å². The Bertz CT molecular complexity index is 884. The van der Waals surface area contributed by atoms with E-state index in [4.69, 9.17) is 9.47 Å². The third-order valence-corrected chi connectivity index (χ3v) is 6.57. The number of piperidine rings is 1. The normalized spacial score (nSPS) is 19.6. The Labute approximate surface area is 190 Å². The summed E-state index contributed by atoms with van der Waals surface area (Å²) >= 11 is 0. The number of pyridine rings is 1. The van der Waals surface area contributed by atoms with Crippen molar-refractivity contribution in [1.29, 1.82) is 0 Å². The summed E-state index contributed by atoms with van der Waals surface area (Å²) in [6, 6.07) is 11.7. The van der Waals surface area contributed by atoms with E-state index in [2.05, 4.69) is 20.9 Å². The average Bonchev–Trinajstić information content (AvgIpc) is 2.85. The van der Waals surface area contributed by atoms with Crippen LogP contribution in [0.5, 0.6) is 11.5 Å². The summed E-state index contributed by atoms with van der Waals surface area (Å²) in [5.74, 6) is 3.22. The fraction of sp³-hybridized carbons (Fsp3) is 0.520. The Balaban J connectivity index is 1.28. The zero-order chi connectivity index (χ0) is 22.3. The Hall–Kier alpha value is -2.80. The molecule has 7 nitrogen and oxygen atoms in total. The molecule has 4 rings (SSSR count). The smallest absolute Gasteiger partial charge is 0.227 e. The maximum atomic E-state index is 13.0. The van der Waals surface area contributed by atoms with Gasteiger partial charge in [0, 0.05) is 63.6 Å². The first-order chi connectivity index (χ1) is 15.7. The molecule has 1 aromatic carbocycles. The number of carbonyl (C=O) groups excluding carboxylic acids is 1. The molecule has 0 radical (unpaired) electrons. The highest BCUT2D eigenvalue weighted by molar-refractivity contribution is 5.79. The van der Waals surface area contributed by atoms with E-state index in [1.54, 1.807) is 14.2 Å². The minimum absolute atomic E-state index is 0.179. The lowest BCUT2D eigenvalue weighted by Crippen LogP contribution is -2.50. The topological polar surface area (TPSA) is 58.1 Å². The SMILES string of the molecule is COc1ccc(CC(=O)N2CCC[C@H](CN3CCN(c4ccccn4)CC3)C2)c(OC)c1. The Morgan fingerprint density at radius 2 is 1.91 bits per heavy atom. The lowest BCUT2D eigenvalue weighted by Gasteiger charge is -2.39. The van der Waals surface area contributed by atoms with Gasteiger partial charge in [0.1, 0.15) is 17.3 Å². The molecule has 1 atom stereocenters. The number of ether oxygens (including phenoxy) is 2. The standard InChI is InChI=1S/C25H34N4O3/c1-31-22-9-8-21(23(17-22)32-2)16-25(30)29-11-5-6-20(19-29)18-27-12-14-28(15-13-27)24-7-3-4-10-26-24/h3-4,7-10,17,20H,5-6,11-16,18-19H2,1-2H3/t20-/m1/s1. The van der Waals surface area contributed by atoms with Crippen LogP contribution in [0.25, 0.3) is 0 Å². The van der Waals surface area contributed by atoms with E-state index < -0.39 is 0 Å². The van der Waals surface area contributed by atoms with Crippen LogP contribution >= 0.6 is 0 Å². The summed E-state index contributed by atoms with van der Waals surface area (Å²) in [7, 11) is 3.26. The molecule has 0 aliphatic carbocycles. The molecule has 0 spiro atoms. The molecule has 1 amide bonds. The van der Waals surface area contributed by atoms with E-state index in [1.807, 2.05) is 41.4 Å². The molecule has 2 aliphatic rings. The molecule has 2 saturated heterocycles. The Kier molecular flexibility index (Phi) is 7.47. The monoisotopic (exact) mass is 438 g/mol. The minimum atomic E-state index is 0.179. The van der Waals surface area contributed by atoms with Gasteiger partial charge in [-0.1, -0.05) is 12.1 Å². The molecule has 32 heavy (non-hydrogen) atoms. The molecule has 2 aromatic rings. The molecular formula is C25H34N4O3. The number of hydrogen-bond donors (Lipinski definition) is 0. The van der Waals surface area contributed by atoms with Gasteiger partial charge in [-0.3, -0.25) is 9.69 Å². The first-order valence-corrected chi connectivity index (χ1v) is 11.5. The van der Waals surface area contributed by atoms with Gasteiger partial charge in [-0.2, -0.15) is 0 Å². The fourth-order valence-corrected chi connectivity index (χ4v) is 4.78. The molecule has 2 aliphatic heterocycles. The summed E-state index contributed by atoms with van der Waals surface area (Å²) in [5, 5.41) is 0. The lowest BCUT2D eigenvalue weighted by atomic mass is 9.96. The number of carbonyl (C=O) groups is 1. The van der Waals surface area contributed by atoms with E-state index in [0.717, 1.165) is 69.4 Å². The highest BCUT2D eigenvalue weighted by Crippen LogP contribution is 2.26. The van der Waals surface area contributed by atoms with Crippen LogP contribution in [-0.4, -0.2) is 80.7 Å². The van der Waals surface area contributed by atoms with E-state index in [1.165, 1.54) is 6.42 Å². The minimum Gasteiger partial charge on any atom is -0.497 e. The number of nitrogens with zero attached hydrogens (tertiary/aromatic N) is 4. The molecule has 0 N–H and O–H groups in total. The van der Waals surface area contributed by atoms with Crippen LogP contribution in [-0.2, 0) is 11.2 Å². The molecule has 172 valence electrons. The first-order valence-electron chi connectivity index (χ1n) is 11.5. The van der Waals surface area contributed by atoms with Crippen molar-refractivity contribution in [3.8, 4) is 11.5 Å². The van der Waals surface area contributed by atoms with Crippen molar-refractivity contribution in [2.24, 2.45) is 5.92 Å². The number of benzene rings is 1. The van der Waals surface area contributed by atoms with Crippen LogP contribution in [0, 0.1) is 5.92 Å². The van der Waals surface area contributed by atoms with Gasteiger partial charge in [0.15, 0.2) is 0 Å². The number of piperazine rings is 1. The molecule has 1 aromatic heterocycles. The summed E-state index contributed by atoms with van der Waals surface area (Å²) in [5.41, 5.74) is 0.908. The van der Waals surface area contributed by atoms with Gasteiger partial charge in [-0.25, -0.2) is 4.98 Å². The maximum absolute atomic E-state index is 13.0. The van der Waals surface area contributed by atoms with Crippen LogP contribution in [0.4, 0.5) is 5.82 Å². The van der Waals surface area contributed by atoms with Crippen LogP contribution in [0.1, 0.15) is 18.4 Å². The number of methoxy groups -OCH3 is 2. The van der Waals surface area contributed by atoms with Crippen molar-refractivity contribution in [2.45, 2.75) is 19.3 Å². The summed E-state index contributed by atoms with van der Waals surface area (Å²) in [4.78, 5) is 24.5. The predicted molar refractivity (Wildman–Crippen MR) is 125 cm³/mol. The van der Waals surface area contributed by atoms with E-state index in [-0.39, 0.29) is 5.91 Å². The predicted octanol–water partition coefficient (Wildman–Crippen LogP) is 2.70. The Morgan fingerprint density at radius 1 is 1.06 bits per heavy atom. The molecular weight excluding hydrogens is 404 g/mol. The molecule has 0 unspecified atom stereocenters. The second-order valence-corrected chi connectivity index (χ2v) is 8.68. The van der Waals surface area contributed by atoms with E-state index in [0.29, 0.717) is 18.1 Å². The van der Waals surface area contributed by atoms with Gasteiger partial charge < -0.3 is 19.3 Å². The largest absolute Gasteiger partial charge is 0.497 e. The zero-order valence-electron chi connectivity index (χ0n) is 19.2. The molecule has 2 fully saturated rings. The second-order valence-electron chi connectivity index (χ2n) is 8.68. The van der Waals surface area contributed by atoms with E-state index in [9.17, 15) is 4.79 Å². The van der Waals surface area contributed by atoms with Crippen molar-refractivity contribution in [3.05, 3.63) is 48.2 Å². The van der Waals surface area contributed by atoms with Gasteiger partial charge in [-0.05, 0) is 37.0 Å². The quantitative estimate of drug-likeness (QED) is 0.663. The first kappa shape index (κ1) is 22.4. The maximum Gasteiger partial charge on any atom is 0.227 e. The number of anilines is 1. The number of hydrogen-bond acceptors (Lipinski definition) is 6. The lowest BCUT2D eigenvalue weighted by molar-refractivity contribution is -0.132. The molecule has 0 bridgehead atoms. The van der Waals surface area contributed by atoms with Crippen LogP contribution in [0.15, 0.2) is 42.6 Å². The molecule has 3 heterocycles. The molecule has 0 saturated carbocycles. The van der Waals surface area contributed by atoms with Crippen LogP contribution < -0.4 is 14.4 Å². The average molecular weight is 439 g/mol. The summed E-state index contributed by atoms with van der Waals surface area (Å²) < 4.78 is 10.7. The van der Waals surface area contributed by atoms with Crippen LogP contribution in [0.2, 0.25) is 0 Å². The summed E-state index contributed by atoms with van der Waals surface area (Å²) in [6.45, 7) is 6.85. The van der Waals surface area contributed by atoms with Crippen molar-refractivity contribution >= 4 is 11.7 Å². The third kappa shape index (κ3) is 5.51. The van der Waals surface area contributed by atoms with Crippen molar-refractivity contribution < 1.29 is 14.3 Å². The Morgan fingerprint density at radius 3 is 2.62 bits per heavy atom. The van der Waals surface area contributed by atoms with Crippen LogP contribution in [0.3, 0.4) is 0 Å². The number of amides is 1. The number of aromatic nitrogens is 1. The van der Waals surface area contributed by atoms with Gasteiger partial charge in [0.2, 0.25) is 5.91 Å². The number of rotatable bonds is 7. The van der Waals surface area contributed by atoms with Gasteiger partial charge >= 0.3 is 0 Å². The van der Waals surface area contributed by atoms with Crippen molar-refractivity contribution in [2.75, 3.05) is 64.9 Å². The second kappa shape index (κ2) is 10.7. The zero-order valence-corrected chi connectivity index (χ0v) is 19.2.